The Hall–Kier alpha value is -1.46. The van der Waals surface area contributed by atoms with E-state index in [4.69, 9.17) is 21.1 Å². The quantitative estimate of drug-likeness (QED) is 0.734. The van der Waals surface area contributed by atoms with Crippen molar-refractivity contribution in [2.75, 3.05) is 26.8 Å². The van der Waals surface area contributed by atoms with Crippen LogP contribution in [0.2, 0.25) is 5.02 Å². The third kappa shape index (κ3) is 5.81. The summed E-state index contributed by atoms with van der Waals surface area (Å²) in [6.07, 6.45) is 0.884. The van der Waals surface area contributed by atoms with E-state index in [1.165, 1.54) is 0 Å². The highest BCUT2D eigenvalue weighted by atomic mass is 35.5. The highest BCUT2D eigenvalue weighted by molar-refractivity contribution is 6.32. The summed E-state index contributed by atoms with van der Waals surface area (Å²) in [4.78, 5) is 11.6. The van der Waals surface area contributed by atoms with E-state index in [2.05, 4.69) is 10.6 Å². The first kappa shape index (κ1) is 17.6. The molecule has 118 valence electrons. The van der Waals surface area contributed by atoms with Crippen molar-refractivity contribution >= 4 is 17.5 Å². The molecular weight excluding hydrogens is 292 g/mol. The molecule has 21 heavy (non-hydrogen) atoms. The summed E-state index contributed by atoms with van der Waals surface area (Å²) in [6, 6.07) is 3.67. The summed E-state index contributed by atoms with van der Waals surface area (Å²) in [6.45, 7) is 6.15. The molecule has 0 atom stereocenters. The van der Waals surface area contributed by atoms with Gasteiger partial charge in [-0.25, -0.2) is 0 Å². The van der Waals surface area contributed by atoms with Crippen LogP contribution in [-0.2, 0) is 11.3 Å². The fourth-order valence-corrected chi connectivity index (χ4v) is 2.03. The van der Waals surface area contributed by atoms with Crippen LogP contribution >= 0.6 is 11.6 Å². The third-order valence-corrected chi connectivity index (χ3v) is 3.07. The lowest BCUT2D eigenvalue weighted by Crippen LogP contribution is -2.29. The van der Waals surface area contributed by atoms with Gasteiger partial charge in [0, 0.05) is 13.1 Å². The number of nitrogens with one attached hydrogen (secondary N) is 2. The average molecular weight is 315 g/mol. The maximum atomic E-state index is 11.6. The van der Waals surface area contributed by atoms with Crippen LogP contribution in [0.3, 0.4) is 0 Å². The van der Waals surface area contributed by atoms with Crippen molar-refractivity contribution in [1.82, 2.24) is 10.6 Å². The molecule has 0 aliphatic rings. The molecule has 0 aliphatic heterocycles. The summed E-state index contributed by atoms with van der Waals surface area (Å²) in [7, 11) is 1.55. The smallest absolute Gasteiger partial charge is 0.257 e. The molecular formula is C15H23ClN2O3. The Morgan fingerprint density at radius 3 is 2.71 bits per heavy atom. The van der Waals surface area contributed by atoms with E-state index in [1.807, 2.05) is 26.0 Å². The molecule has 0 saturated carbocycles. The highest BCUT2D eigenvalue weighted by Crippen LogP contribution is 2.36. The van der Waals surface area contributed by atoms with Crippen molar-refractivity contribution in [3.05, 3.63) is 22.7 Å². The number of carbonyl (C=O) groups is 1. The van der Waals surface area contributed by atoms with Gasteiger partial charge in [-0.15, -0.1) is 0 Å². The molecule has 0 fully saturated rings. The molecule has 0 radical (unpaired) electrons. The van der Waals surface area contributed by atoms with Gasteiger partial charge in [0.25, 0.3) is 5.91 Å². The van der Waals surface area contributed by atoms with Crippen LogP contribution in [0.1, 0.15) is 25.8 Å². The molecule has 0 aliphatic carbocycles. The van der Waals surface area contributed by atoms with E-state index in [-0.39, 0.29) is 12.5 Å². The monoisotopic (exact) mass is 314 g/mol. The Labute approximate surface area is 131 Å². The summed E-state index contributed by atoms with van der Waals surface area (Å²) < 4.78 is 10.8. The molecule has 1 amide bonds. The molecule has 1 aromatic carbocycles. The standard InChI is InChI=1S/C15H23ClN2O3/c1-4-6-18-14(19)10-21-15-12(16)7-11(9-17-5-2)8-13(15)20-3/h7-8,17H,4-6,9-10H2,1-3H3,(H,18,19). The molecule has 1 aromatic rings. The number of hydrogen-bond acceptors (Lipinski definition) is 4. The minimum Gasteiger partial charge on any atom is -0.493 e. The van der Waals surface area contributed by atoms with E-state index in [0.717, 1.165) is 18.5 Å². The minimum atomic E-state index is -0.174. The van der Waals surface area contributed by atoms with Gasteiger partial charge in [0.1, 0.15) is 0 Å². The Kier molecular flexibility index (Phi) is 7.93. The van der Waals surface area contributed by atoms with Gasteiger partial charge >= 0.3 is 0 Å². The first-order chi connectivity index (χ1) is 10.1. The van der Waals surface area contributed by atoms with Crippen molar-refractivity contribution in [3.8, 4) is 11.5 Å². The van der Waals surface area contributed by atoms with Crippen LogP contribution in [0.15, 0.2) is 12.1 Å². The Morgan fingerprint density at radius 1 is 1.33 bits per heavy atom. The molecule has 5 nitrogen and oxygen atoms in total. The first-order valence-corrected chi connectivity index (χ1v) is 7.46. The van der Waals surface area contributed by atoms with Gasteiger partial charge in [-0.1, -0.05) is 25.4 Å². The van der Waals surface area contributed by atoms with Gasteiger partial charge in [0.05, 0.1) is 12.1 Å². The molecule has 0 bridgehead atoms. The van der Waals surface area contributed by atoms with Crippen molar-refractivity contribution in [2.24, 2.45) is 0 Å². The fourth-order valence-electron chi connectivity index (χ4n) is 1.74. The number of methoxy groups -OCH3 is 1. The number of hydrogen-bond donors (Lipinski definition) is 2. The summed E-state index contributed by atoms with van der Waals surface area (Å²) in [5.74, 6) is 0.747. The lowest BCUT2D eigenvalue weighted by Gasteiger charge is -2.14. The predicted octanol–water partition coefficient (Wildman–Crippen LogP) is 2.36. The zero-order valence-corrected chi connectivity index (χ0v) is 13.5. The van der Waals surface area contributed by atoms with Crippen molar-refractivity contribution in [3.63, 3.8) is 0 Å². The van der Waals surface area contributed by atoms with Crippen molar-refractivity contribution in [2.45, 2.75) is 26.8 Å². The topological polar surface area (TPSA) is 59.6 Å². The minimum absolute atomic E-state index is 0.0807. The second-order valence-electron chi connectivity index (χ2n) is 4.53. The molecule has 0 unspecified atom stereocenters. The number of carbonyl (C=O) groups excluding carboxylic acids is 1. The van der Waals surface area contributed by atoms with E-state index in [1.54, 1.807) is 7.11 Å². The largest absolute Gasteiger partial charge is 0.493 e. The van der Waals surface area contributed by atoms with Crippen LogP contribution in [0.5, 0.6) is 11.5 Å². The molecule has 6 heteroatoms. The lowest BCUT2D eigenvalue weighted by atomic mass is 10.2. The van der Waals surface area contributed by atoms with Crippen molar-refractivity contribution in [1.29, 1.82) is 0 Å². The molecule has 0 heterocycles. The Morgan fingerprint density at radius 2 is 2.10 bits per heavy atom. The first-order valence-electron chi connectivity index (χ1n) is 7.08. The van der Waals surface area contributed by atoms with E-state index in [0.29, 0.717) is 29.6 Å². The number of rotatable bonds is 9. The number of benzene rings is 1. The van der Waals surface area contributed by atoms with E-state index >= 15 is 0 Å². The van der Waals surface area contributed by atoms with Gasteiger partial charge in [-0.05, 0) is 30.7 Å². The average Bonchev–Trinajstić information content (AvgIpc) is 2.49. The van der Waals surface area contributed by atoms with Crippen LogP contribution in [0.25, 0.3) is 0 Å². The van der Waals surface area contributed by atoms with Crippen LogP contribution in [0, 0.1) is 0 Å². The molecule has 1 rings (SSSR count). The maximum absolute atomic E-state index is 11.6. The van der Waals surface area contributed by atoms with Crippen LogP contribution in [-0.4, -0.2) is 32.7 Å². The van der Waals surface area contributed by atoms with Gasteiger partial charge < -0.3 is 20.1 Å². The SMILES string of the molecule is CCCNC(=O)COc1c(Cl)cc(CNCC)cc1OC. The Bertz CT molecular complexity index is 466. The number of halogens is 1. The van der Waals surface area contributed by atoms with Gasteiger partial charge in [-0.2, -0.15) is 0 Å². The van der Waals surface area contributed by atoms with Gasteiger partial charge in [0.15, 0.2) is 18.1 Å². The Balaban J connectivity index is 2.74. The summed E-state index contributed by atoms with van der Waals surface area (Å²) in [5.41, 5.74) is 1.00. The molecule has 0 spiro atoms. The fraction of sp³-hybridized carbons (Fsp3) is 0.533. The number of amides is 1. The number of ether oxygens (including phenoxy) is 2. The molecule has 0 aromatic heterocycles. The summed E-state index contributed by atoms with van der Waals surface area (Å²) >= 11 is 6.22. The zero-order valence-electron chi connectivity index (χ0n) is 12.8. The maximum Gasteiger partial charge on any atom is 0.257 e. The van der Waals surface area contributed by atoms with Gasteiger partial charge in [0.2, 0.25) is 0 Å². The summed E-state index contributed by atoms with van der Waals surface area (Å²) in [5, 5.41) is 6.39. The lowest BCUT2D eigenvalue weighted by molar-refractivity contribution is -0.123. The molecule has 2 N–H and O–H groups in total. The zero-order chi connectivity index (χ0) is 15.7. The predicted molar refractivity (Wildman–Crippen MR) is 84.2 cm³/mol. The van der Waals surface area contributed by atoms with E-state index in [9.17, 15) is 4.79 Å². The second kappa shape index (κ2) is 9.47. The van der Waals surface area contributed by atoms with Crippen LogP contribution in [0.4, 0.5) is 0 Å². The van der Waals surface area contributed by atoms with Crippen LogP contribution < -0.4 is 20.1 Å². The van der Waals surface area contributed by atoms with Crippen molar-refractivity contribution < 1.29 is 14.3 Å². The third-order valence-electron chi connectivity index (χ3n) is 2.79. The van der Waals surface area contributed by atoms with E-state index < -0.39 is 0 Å². The highest BCUT2D eigenvalue weighted by Gasteiger charge is 2.13. The molecule has 0 saturated heterocycles. The second-order valence-corrected chi connectivity index (χ2v) is 4.94. The normalized spacial score (nSPS) is 10.3. The van der Waals surface area contributed by atoms with Gasteiger partial charge in [-0.3, -0.25) is 4.79 Å².